The molecule has 6 heteroatoms. The number of piperazine rings is 1. The summed E-state index contributed by atoms with van der Waals surface area (Å²) in [6, 6.07) is 13.4. The Balaban J connectivity index is 1.33. The third-order valence-corrected chi connectivity index (χ3v) is 4.36. The fraction of sp³-hybridized carbons (Fsp3) is 0.263. The summed E-state index contributed by atoms with van der Waals surface area (Å²) in [4.78, 5) is 20.7. The Morgan fingerprint density at radius 1 is 1.04 bits per heavy atom. The Bertz CT molecular complexity index is 819. The topological polar surface area (TPSA) is 62.7 Å². The van der Waals surface area contributed by atoms with E-state index in [-0.39, 0.29) is 5.91 Å². The Morgan fingerprint density at radius 3 is 2.56 bits per heavy atom. The van der Waals surface area contributed by atoms with E-state index in [0.717, 1.165) is 24.4 Å². The molecule has 2 aromatic heterocycles. The zero-order chi connectivity index (χ0) is 17.1. The monoisotopic (exact) mass is 337 g/mol. The van der Waals surface area contributed by atoms with Crippen molar-refractivity contribution >= 4 is 5.91 Å². The lowest BCUT2D eigenvalue weighted by Crippen LogP contribution is -2.48. The van der Waals surface area contributed by atoms with Crippen LogP contribution in [0.15, 0.2) is 63.8 Å². The van der Waals surface area contributed by atoms with Crippen molar-refractivity contribution in [2.75, 3.05) is 26.2 Å². The first-order valence-electron chi connectivity index (χ1n) is 8.35. The van der Waals surface area contributed by atoms with Crippen molar-refractivity contribution in [3.63, 3.8) is 0 Å². The van der Waals surface area contributed by atoms with Crippen molar-refractivity contribution in [1.82, 2.24) is 14.8 Å². The lowest BCUT2D eigenvalue weighted by Gasteiger charge is -2.33. The predicted octanol–water partition coefficient (Wildman–Crippen LogP) is 2.89. The van der Waals surface area contributed by atoms with Crippen LogP contribution in [0.4, 0.5) is 0 Å². The van der Waals surface area contributed by atoms with Crippen LogP contribution in [-0.2, 0) is 6.54 Å². The van der Waals surface area contributed by atoms with Crippen LogP contribution in [-0.4, -0.2) is 46.9 Å². The highest BCUT2D eigenvalue weighted by Gasteiger charge is 2.24. The quantitative estimate of drug-likeness (QED) is 0.732. The van der Waals surface area contributed by atoms with Gasteiger partial charge in [-0.3, -0.25) is 9.69 Å². The molecule has 25 heavy (non-hydrogen) atoms. The van der Waals surface area contributed by atoms with Gasteiger partial charge < -0.3 is 13.7 Å². The number of benzene rings is 1. The number of hydrogen-bond donors (Lipinski definition) is 0. The standard InChI is InChI=1S/C19H19N3O3/c23-19(16-7-4-12-24-16)22-10-8-21(9-11-22)14-18-20-13-17(25-18)15-5-2-1-3-6-15/h1-7,12-13H,8-11,14H2. The number of furan rings is 1. The molecule has 1 aliphatic rings. The number of hydrogen-bond acceptors (Lipinski definition) is 5. The molecule has 3 heterocycles. The minimum Gasteiger partial charge on any atom is -0.459 e. The number of oxazole rings is 1. The van der Waals surface area contributed by atoms with E-state index in [2.05, 4.69) is 9.88 Å². The SMILES string of the molecule is O=C(c1ccco1)N1CCN(Cc2ncc(-c3ccccc3)o2)CC1. The summed E-state index contributed by atoms with van der Waals surface area (Å²) in [6.45, 7) is 3.57. The molecule has 1 fully saturated rings. The number of carbonyl (C=O) groups is 1. The van der Waals surface area contributed by atoms with Crippen molar-refractivity contribution in [2.45, 2.75) is 6.54 Å². The smallest absolute Gasteiger partial charge is 0.289 e. The Labute approximate surface area is 145 Å². The van der Waals surface area contributed by atoms with Gasteiger partial charge in [0.25, 0.3) is 5.91 Å². The van der Waals surface area contributed by atoms with E-state index in [1.807, 2.05) is 35.2 Å². The van der Waals surface area contributed by atoms with Crippen molar-refractivity contribution in [1.29, 1.82) is 0 Å². The molecule has 0 radical (unpaired) electrons. The maximum Gasteiger partial charge on any atom is 0.289 e. The van der Waals surface area contributed by atoms with Gasteiger partial charge in [-0.25, -0.2) is 4.98 Å². The van der Waals surface area contributed by atoms with E-state index >= 15 is 0 Å². The Morgan fingerprint density at radius 2 is 1.84 bits per heavy atom. The highest BCUT2D eigenvalue weighted by molar-refractivity contribution is 5.91. The summed E-state index contributed by atoms with van der Waals surface area (Å²) in [5.41, 5.74) is 1.02. The molecule has 0 atom stereocenters. The molecule has 1 aromatic carbocycles. The second-order valence-electron chi connectivity index (χ2n) is 6.03. The number of aromatic nitrogens is 1. The molecule has 4 rings (SSSR count). The summed E-state index contributed by atoms with van der Waals surface area (Å²) in [5, 5.41) is 0. The van der Waals surface area contributed by atoms with E-state index in [0.29, 0.717) is 31.3 Å². The van der Waals surface area contributed by atoms with Gasteiger partial charge in [-0.1, -0.05) is 30.3 Å². The van der Waals surface area contributed by atoms with E-state index < -0.39 is 0 Å². The summed E-state index contributed by atoms with van der Waals surface area (Å²) < 4.78 is 11.0. The van der Waals surface area contributed by atoms with Gasteiger partial charge in [0.1, 0.15) is 0 Å². The van der Waals surface area contributed by atoms with Crippen molar-refractivity contribution in [2.24, 2.45) is 0 Å². The molecule has 0 saturated carbocycles. The zero-order valence-electron chi connectivity index (χ0n) is 13.8. The third-order valence-electron chi connectivity index (χ3n) is 4.36. The van der Waals surface area contributed by atoms with Crippen LogP contribution in [0.25, 0.3) is 11.3 Å². The van der Waals surface area contributed by atoms with Gasteiger partial charge in [0.2, 0.25) is 5.89 Å². The first-order chi connectivity index (χ1) is 12.3. The van der Waals surface area contributed by atoms with Crippen LogP contribution in [0.5, 0.6) is 0 Å². The van der Waals surface area contributed by atoms with Gasteiger partial charge in [-0.2, -0.15) is 0 Å². The summed E-state index contributed by atoms with van der Waals surface area (Å²) in [5.74, 6) is 1.83. The van der Waals surface area contributed by atoms with E-state index in [4.69, 9.17) is 8.83 Å². The van der Waals surface area contributed by atoms with Crippen molar-refractivity contribution in [3.8, 4) is 11.3 Å². The molecule has 6 nitrogen and oxygen atoms in total. The van der Waals surface area contributed by atoms with Crippen LogP contribution in [0.3, 0.4) is 0 Å². The highest BCUT2D eigenvalue weighted by Crippen LogP contribution is 2.20. The minimum absolute atomic E-state index is 0.0489. The molecule has 1 saturated heterocycles. The third kappa shape index (κ3) is 3.49. The van der Waals surface area contributed by atoms with Gasteiger partial charge in [-0.05, 0) is 12.1 Å². The second kappa shape index (κ2) is 6.94. The summed E-state index contributed by atoms with van der Waals surface area (Å²) in [7, 11) is 0. The molecule has 0 aliphatic carbocycles. The van der Waals surface area contributed by atoms with Gasteiger partial charge >= 0.3 is 0 Å². The first-order valence-corrected chi connectivity index (χ1v) is 8.35. The lowest BCUT2D eigenvalue weighted by atomic mass is 10.2. The fourth-order valence-corrected chi connectivity index (χ4v) is 2.98. The molecule has 128 valence electrons. The molecular weight excluding hydrogens is 318 g/mol. The van der Waals surface area contributed by atoms with Crippen LogP contribution >= 0.6 is 0 Å². The molecule has 1 aliphatic heterocycles. The first kappa shape index (κ1) is 15.7. The van der Waals surface area contributed by atoms with Crippen molar-refractivity contribution in [3.05, 3.63) is 66.6 Å². The number of amides is 1. The summed E-state index contributed by atoms with van der Waals surface area (Å²) >= 11 is 0. The lowest BCUT2D eigenvalue weighted by molar-refractivity contribution is 0.0588. The van der Waals surface area contributed by atoms with Crippen LogP contribution < -0.4 is 0 Å². The number of rotatable bonds is 4. The predicted molar refractivity (Wildman–Crippen MR) is 91.8 cm³/mol. The zero-order valence-corrected chi connectivity index (χ0v) is 13.8. The van der Waals surface area contributed by atoms with Crippen LogP contribution in [0.2, 0.25) is 0 Å². The van der Waals surface area contributed by atoms with Crippen LogP contribution in [0.1, 0.15) is 16.4 Å². The molecule has 0 unspecified atom stereocenters. The van der Waals surface area contributed by atoms with Gasteiger partial charge in [-0.15, -0.1) is 0 Å². The molecular formula is C19H19N3O3. The largest absolute Gasteiger partial charge is 0.459 e. The molecule has 0 bridgehead atoms. The summed E-state index contributed by atoms with van der Waals surface area (Å²) in [6.07, 6.45) is 3.29. The van der Waals surface area contributed by atoms with E-state index in [1.54, 1.807) is 18.3 Å². The average molecular weight is 337 g/mol. The maximum absolute atomic E-state index is 12.3. The Hall–Kier alpha value is -2.86. The molecule has 1 amide bonds. The normalized spacial score (nSPS) is 15.4. The van der Waals surface area contributed by atoms with E-state index in [1.165, 1.54) is 6.26 Å². The maximum atomic E-state index is 12.3. The Kier molecular flexibility index (Phi) is 4.35. The molecule has 0 spiro atoms. The number of nitrogens with zero attached hydrogens (tertiary/aromatic N) is 3. The average Bonchev–Trinajstić information content (AvgIpc) is 3.35. The van der Waals surface area contributed by atoms with Crippen molar-refractivity contribution < 1.29 is 13.6 Å². The van der Waals surface area contributed by atoms with Gasteiger partial charge in [0.05, 0.1) is 19.0 Å². The highest BCUT2D eigenvalue weighted by atomic mass is 16.4. The second-order valence-corrected chi connectivity index (χ2v) is 6.03. The van der Waals surface area contributed by atoms with E-state index in [9.17, 15) is 4.79 Å². The van der Waals surface area contributed by atoms with Crippen LogP contribution in [0, 0.1) is 0 Å². The van der Waals surface area contributed by atoms with Gasteiger partial charge in [0.15, 0.2) is 11.5 Å². The molecule has 3 aromatic rings. The molecule has 0 N–H and O–H groups in total. The fourth-order valence-electron chi connectivity index (χ4n) is 2.98. The minimum atomic E-state index is -0.0489. The van der Waals surface area contributed by atoms with Gasteiger partial charge in [0, 0.05) is 31.7 Å². The number of carbonyl (C=O) groups excluding carboxylic acids is 1.